The molecule has 3 aromatic rings. The van der Waals surface area contributed by atoms with E-state index in [1.165, 1.54) is 6.92 Å². The molecule has 1 aliphatic heterocycles. The maximum atomic E-state index is 13.1. The molecular weight excluding hydrogens is 364 g/mol. The number of para-hydroxylation sites is 1. The molecule has 0 radical (unpaired) electrons. The first-order valence-electron chi connectivity index (χ1n) is 9.76. The maximum Gasteiger partial charge on any atom is 0.225 e. The number of fused-ring (bicyclic) bond motifs is 2. The normalized spacial score (nSPS) is 16.5. The predicted molar refractivity (Wildman–Crippen MR) is 113 cm³/mol. The topological polar surface area (TPSA) is 53.8 Å². The van der Waals surface area contributed by atoms with Gasteiger partial charge in [0, 0.05) is 25.6 Å². The molecule has 2 aromatic carbocycles. The van der Waals surface area contributed by atoms with Crippen molar-refractivity contribution in [3.05, 3.63) is 77.7 Å². The van der Waals surface area contributed by atoms with Crippen LogP contribution in [0, 0.1) is 0 Å². The molecule has 2 unspecified atom stereocenters. The standard InChI is InChI=1S/C24H24N2O3/c1-16(23-14-19-9-5-7-11-22(19)29-23)25(3)24(28)15-21-20-10-6-4-8-18(20)12-13-26(21)17(2)27/h4-14,16,21H,15H2,1-3H3. The molecule has 0 spiro atoms. The summed E-state index contributed by atoms with van der Waals surface area (Å²) < 4.78 is 5.94. The van der Waals surface area contributed by atoms with Crippen LogP contribution in [-0.2, 0) is 9.59 Å². The minimum absolute atomic E-state index is 0.0423. The summed E-state index contributed by atoms with van der Waals surface area (Å²) in [4.78, 5) is 28.6. The molecule has 2 atom stereocenters. The average Bonchev–Trinajstić information content (AvgIpc) is 3.16. The number of carbonyl (C=O) groups excluding carboxylic acids is 2. The zero-order valence-corrected chi connectivity index (χ0v) is 16.8. The second-order valence-corrected chi connectivity index (χ2v) is 7.46. The summed E-state index contributed by atoms with van der Waals surface area (Å²) in [6.45, 7) is 3.48. The van der Waals surface area contributed by atoms with Gasteiger partial charge in [0.05, 0.1) is 18.5 Å². The number of carbonyl (C=O) groups is 2. The Morgan fingerprint density at radius 3 is 2.62 bits per heavy atom. The van der Waals surface area contributed by atoms with Gasteiger partial charge in [0.25, 0.3) is 0 Å². The smallest absolute Gasteiger partial charge is 0.225 e. The van der Waals surface area contributed by atoms with Crippen LogP contribution in [0.1, 0.15) is 49.2 Å². The van der Waals surface area contributed by atoms with E-state index in [-0.39, 0.29) is 30.3 Å². The number of furan rings is 1. The lowest BCUT2D eigenvalue weighted by Crippen LogP contribution is -2.36. The molecule has 148 valence electrons. The van der Waals surface area contributed by atoms with Crippen LogP contribution in [0.3, 0.4) is 0 Å². The van der Waals surface area contributed by atoms with Gasteiger partial charge in [-0.1, -0.05) is 42.5 Å². The fraction of sp³-hybridized carbons (Fsp3) is 0.250. The fourth-order valence-corrected chi connectivity index (χ4v) is 3.84. The summed E-state index contributed by atoms with van der Waals surface area (Å²) in [5.41, 5.74) is 2.84. The Bertz CT molecular complexity index is 1070. The number of nitrogens with zero attached hydrogens (tertiary/aromatic N) is 2. The third-order valence-electron chi connectivity index (χ3n) is 5.67. The van der Waals surface area contributed by atoms with E-state index in [1.807, 2.05) is 67.6 Å². The van der Waals surface area contributed by atoms with Gasteiger partial charge in [-0.15, -0.1) is 0 Å². The molecule has 0 saturated carbocycles. The van der Waals surface area contributed by atoms with Crippen LogP contribution in [0.15, 0.2) is 65.2 Å². The van der Waals surface area contributed by atoms with Gasteiger partial charge in [0.15, 0.2) is 0 Å². The highest BCUT2D eigenvalue weighted by molar-refractivity contribution is 5.82. The summed E-state index contributed by atoms with van der Waals surface area (Å²) >= 11 is 0. The van der Waals surface area contributed by atoms with E-state index in [9.17, 15) is 9.59 Å². The Morgan fingerprint density at radius 1 is 1.14 bits per heavy atom. The van der Waals surface area contributed by atoms with Gasteiger partial charge < -0.3 is 14.2 Å². The zero-order valence-electron chi connectivity index (χ0n) is 16.8. The predicted octanol–water partition coefficient (Wildman–Crippen LogP) is 4.92. The van der Waals surface area contributed by atoms with Crippen LogP contribution in [0.4, 0.5) is 0 Å². The summed E-state index contributed by atoms with van der Waals surface area (Å²) in [6.07, 6.45) is 3.89. The molecule has 1 aliphatic rings. The van der Waals surface area contributed by atoms with E-state index >= 15 is 0 Å². The van der Waals surface area contributed by atoms with Gasteiger partial charge in [-0.25, -0.2) is 0 Å². The molecule has 2 amide bonds. The lowest BCUT2D eigenvalue weighted by atomic mass is 9.93. The van der Waals surface area contributed by atoms with Crippen LogP contribution < -0.4 is 0 Å². The lowest BCUT2D eigenvalue weighted by Gasteiger charge is -2.34. The molecule has 2 heterocycles. The number of rotatable bonds is 4. The Kier molecular flexibility index (Phi) is 4.97. The third kappa shape index (κ3) is 3.56. The third-order valence-corrected chi connectivity index (χ3v) is 5.67. The van der Waals surface area contributed by atoms with Crippen LogP contribution in [0.5, 0.6) is 0 Å². The molecule has 0 bridgehead atoms. The molecule has 5 heteroatoms. The minimum Gasteiger partial charge on any atom is -0.459 e. The van der Waals surface area contributed by atoms with Crippen molar-refractivity contribution >= 4 is 28.9 Å². The summed E-state index contributed by atoms with van der Waals surface area (Å²) in [5.74, 6) is 0.621. The summed E-state index contributed by atoms with van der Waals surface area (Å²) in [5, 5.41) is 1.02. The van der Waals surface area contributed by atoms with E-state index in [2.05, 4.69) is 0 Å². The monoisotopic (exact) mass is 388 g/mol. The number of benzene rings is 2. The van der Waals surface area contributed by atoms with Crippen molar-refractivity contribution in [1.29, 1.82) is 0 Å². The van der Waals surface area contributed by atoms with Crippen molar-refractivity contribution in [3.63, 3.8) is 0 Å². The quantitative estimate of drug-likeness (QED) is 0.638. The SMILES string of the molecule is CC(=O)N1C=Cc2ccccc2C1CC(=O)N(C)C(C)c1cc2ccccc2o1. The zero-order chi connectivity index (χ0) is 20.5. The van der Waals surface area contributed by atoms with Gasteiger partial charge in [-0.3, -0.25) is 9.59 Å². The molecule has 29 heavy (non-hydrogen) atoms. The first-order chi connectivity index (χ1) is 14.0. The van der Waals surface area contributed by atoms with Crippen molar-refractivity contribution in [2.24, 2.45) is 0 Å². The second-order valence-electron chi connectivity index (χ2n) is 7.46. The highest BCUT2D eigenvalue weighted by Crippen LogP contribution is 2.34. The Hall–Kier alpha value is -3.34. The van der Waals surface area contributed by atoms with Gasteiger partial charge in [0.1, 0.15) is 11.3 Å². The van der Waals surface area contributed by atoms with E-state index in [0.717, 1.165) is 27.9 Å². The number of amides is 2. The molecule has 1 aromatic heterocycles. The molecule has 4 rings (SSSR count). The second kappa shape index (κ2) is 7.59. The van der Waals surface area contributed by atoms with E-state index in [0.29, 0.717) is 0 Å². The van der Waals surface area contributed by atoms with E-state index in [1.54, 1.807) is 23.0 Å². The van der Waals surface area contributed by atoms with Gasteiger partial charge in [-0.05, 0) is 36.3 Å². The molecule has 0 fully saturated rings. The van der Waals surface area contributed by atoms with Crippen molar-refractivity contribution in [2.75, 3.05) is 7.05 Å². The highest BCUT2D eigenvalue weighted by Gasteiger charge is 2.30. The highest BCUT2D eigenvalue weighted by atomic mass is 16.3. The van der Waals surface area contributed by atoms with Crippen molar-refractivity contribution < 1.29 is 14.0 Å². The first kappa shape index (κ1) is 19.0. The molecule has 0 saturated heterocycles. The van der Waals surface area contributed by atoms with Gasteiger partial charge in [0.2, 0.25) is 11.8 Å². The minimum atomic E-state index is -0.313. The van der Waals surface area contributed by atoms with Gasteiger partial charge >= 0.3 is 0 Å². The summed E-state index contributed by atoms with van der Waals surface area (Å²) in [6, 6.07) is 17.1. The van der Waals surface area contributed by atoms with Crippen molar-refractivity contribution in [2.45, 2.75) is 32.4 Å². The van der Waals surface area contributed by atoms with E-state index in [4.69, 9.17) is 4.42 Å². The van der Waals surface area contributed by atoms with Crippen LogP contribution in [-0.4, -0.2) is 28.7 Å². The maximum absolute atomic E-state index is 13.1. The van der Waals surface area contributed by atoms with Crippen LogP contribution in [0.2, 0.25) is 0 Å². The Labute approximate surface area is 170 Å². The number of hydrogen-bond acceptors (Lipinski definition) is 3. The molecular formula is C24H24N2O3. The van der Waals surface area contributed by atoms with Crippen molar-refractivity contribution in [3.8, 4) is 0 Å². The van der Waals surface area contributed by atoms with E-state index < -0.39 is 0 Å². The molecule has 5 nitrogen and oxygen atoms in total. The Balaban J connectivity index is 1.56. The van der Waals surface area contributed by atoms with Crippen molar-refractivity contribution in [1.82, 2.24) is 9.80 Å². The lowest BCUT2D eigenvalue weighted by molar-refractivity contribution is -0.135. The first-order valence-corrected chi connectivity index (χ1v) is 9.76. The average molecular weight is 388 g/mol. The fourth-order valence-electron chi connectivity index (χ4n) is 3.84. The summed E-state index contributed by atoms with van der Waals surface area (Å²) in [7, 11) is 1.78. The Morgan fingerprint density at radius 2 is 1.86 bits per heavy atom. The van der Waals surface area contributed by atoms with Gasteiger partial charge in [-0.2, -0.15) is 0 Å². The molecule has 0 aliphatic carbocycles. The number of hydrogen-bond donors (Lipinski definition) is 0. The molecule has 0 N–H and O–H groups in total. The van der Waals surface area contributed by atoms with Crippen LogP contribution >= 0.6 is 0 Å². The largest absolute Gasteiger partial charge is 0.459 e. The van der Waals surface area contributed by atoms with Crippen LogP contribution in [0.25, 0.3) is 17.0 Å².